The minimum absolute atomic E-state index is 0.138. The van der Waals surface area contributed by atoms with Crippen molar-refractivity contribution >= 4 is 5.82 Å². The van der Waals surface area contributed by atoms with Crippen LogP contribution in [-0.4, -0.2) is 9.78 Å². The Morgan fingerprint density at radius 2 is 2.00 bits per heavy atom. The van der Waals surface area contributed by atoms with Gasteiger partial charge in [0.2, 0.25) is 5.82 Å². The van der Waals surface area contributed by atoms with Crippen molar-refractivity contribution in [2.45, 2.75) is 0 Å². The Morgan fingerprint density at radius 1 is 1.27 bits per heavy atom. The van der Waals surface area contributed by atoms with Crippen LogP contribution in [0.2, 0.25) is 0 Å². The van der Waals surface area contributed by atoms with E-state index in [1.165, 1.54) is 10.7 Å². The topological polar surface area (TPSA) is 71.0 Å². The molecule has 0 bridgehead atoms. The summed E-state index contributed by atoms with van der Waals surface area (Å²) in [5.41, 5.74) is 1.36. The number of nitriles is 1. The first-order valence-corrected chi connectivity index (χ1v) is 4.23. The number of nitrogens with zero attached hydrogens (tertiary/aromatic N) is 4. The lowest BCUT2D eigenvalue weighted by atomic mass is 10.2. The first-order chi connectivity index (χ1) is 7.33. The number of hydrogen-bond acceptors (Lipinski definition) is 4. The number of hydrogen-bond donors (Lipinski definition) is 0. The van der Waals surface area contributed by atoms with Crippen LogP contribution < -0.4 is 0 Å². The normalized spacial score (nSPS) is 9.53. The van der Waals surface area contributed by atoms with Gasteiger partial charge in [-0.3, -0.25) is 0 Å². The molecule has 0 spiro atoms. The highest BCUT2D eigenvalue weighted by Crippen LogP contribution is 2.12. The predicted octanol–water partition coefficient (Wildman–Crippen LogP) is 2.14. The molecule has 0 N–H and O–H groups in total. The highest BCUT2D eigenvalue weighted by Gasteiger charge is 2.00. The first kappa shape index (κ1) is 9.09. The number of rotatable bonds is 2. The quantitative estimate of drug-likeness (QED) is 0.694. The van der Waals surface area contributed by atoms with Gasteiger partial charge in [0.05, 0.1) is 17.3 Å². The zero-order chi connectivity index (χ0) is 10.7. The minimum atomic E-state index is 0.138. The Morgan fingerprint density at radius 3 is 2.53 bits per heavy atom. The zero-order valence-electron chi connectivity index (χ0n) is 7.66. The van der Waals surface area contributed by atoms with Crippen molar-refractivity contribution < 1.29 is 0 Å². The van der Waals surface area contributed by atoms with Crippen molar-refractivity contribution in [1.29, 1.82) is 5.26 Å². The molecule has 1 aromatic heterocycles. The van der Waals surface area contributed by atoms with E-state index < -0.39 is 0 Å². The van der Waals surface area contributed by atoms with Crippen LogP contribution in [-0.2, 0) is 0 Å². The maximum absolute atomic E-state index is 10.2. The van der Waals surface area contributed by atoms with E-state index in [4.69, 9.17) is 5.26 Å². The summed E-state index contributed by atoms with van der Waals surface area (Å²) < 4.78 is 1.53. The van der Waals surface area contributed by atoms with Crippen molar-refractivity contribution in [2.75, 3.05) is 0 Å². The molecule has 0 radical (unpaired) electrons. The van der Waals surface area contributed by atoms with Gasteiger partial charge in [-0.15, -0.1) is 10.0 Å². The van der Waals surface area contributed by atoms with E-state index in [-0.39, 0.29) is 5.82 Å². The lowest BCUT2D eigenvalue weighted by molar-refractivity contribution is 0.880. The third-order valence-electron chi connectivity index (χ3n) is 1.93. The predicted molar refractivity (Wildman–Crippen MR) is 53.7 cm³/mol. The second kappa shape index (κ2) is 3.72. The van der Waals surface area contributed by atoms with Crippen molar-refractivity contribution in [3.05, 3.63) is 47.0 Å². The van der Waals surface area contributed by atoms with Crippen LogP contribution in [0.15, 0.2) is 41.7 Å². The van der Waals surface area contributed by atoms with E-state index in [9.17, 15) is 4.91 Å². The second-order valence-corrected chi connectivity index (χ2v) is 2.87. The smallest absolute Gasteiger partial charge is 0.217 e. The van der Waals surface area contributed by atoms with Gasteiger partial charge < -0.3 is 0 Å². The second-order valence-electron chi connectivity index (χ2n) is 2.87. The van der Waals surface area contributed by atoms with E-state index >= 15 is 0 Å². The molecule has 0 aliphatic carbocycles. The summed E-state index contributed by atoms with van der Waals surface area (Å²) in [6.45, 7) is 0. The fraction of sp³-hybridized carbons (Fsp3) is 0. The van der Waals surface area contributed by atoms with E-state index in [0.29, 0.717) is 5.56 Å². The van der Waals surface area contributed by atoms with Crippen LogP contribution in [0.25, 0.3) is 5.69 Å². The standard InChI is InChI=1S/C10H6N4O/c11-7-8-1-3-9(4-2-8)14-6-5-10(12-14)13-15/h1-6H. The molecule has 5 heteroatoms. The van der Waals surface area contributed by atoms with Gasteiger partial charge in [-0.05, 0) is 29.4 Å². The third kappa shape index (κ3) is 1.74. The van der Waals surface area contributed by atoms with Gasteiger partial charge >= 0.3 is 0 Å². The Bertz CT molecular complexity index is 521. The van der Waals surface area contributed by atoms with Crippen LogP contribution in [0.4, 0.5) is 5.82 Å². The summed E-state index contributed by atoms with van der Waals surface area (Å²) in [5.74, 6) is 0.138. The van der Waals surface area contributed by atoms with Crippen LogP contribution in [0.1, 0.15) is 5.56 Å². The Hall–Kier alpha value is -2.48. The molecule has 0 saturated carbocycles. The van der Waals surface area contributed by atoms with Crippen molar-refractivity contribution in [2.24, 2.45) is 5.18 Å². The van der Waals surface area contributed by atoms with Crippen molar-refractivity contribution in [1.82, 2.24) is 9.78 Å². The minimum Gasteiger partial charge on any atom is -0.239 e. The summed E-state index contributed by atoms with van der Waals surface area (Å²) >= 11 is 0. The van der Waals surface area contributed by atoms with E-state index in [1.807, 2.05) is 6.07 Å². The maximum atomic E-state index is 10.2. The zero-order valence-corrected chi connectivity index (χ0v) is 7.66. The summed E-state index contributed by atoms with van der Waals surface area (Å²) in [5, 5.41) is 15.2. The molecular formula is C10H6N4O. The molecule has 0 aliphatic rings. The average Bonchev–Trinajstić information content (AvgIpc) is 2.78. The number of aromatic nitrogens is 2. The van der Waals surface area contributed by atoms with Gasteiger partial charge in [0.25, 0.3) is 0 Å². The highest BCUT2D eigenvalue weighted by atomic mass is 16.3. The molecule has 0 atom stereocenters. The van der Waals surface area contributed by atoms with E-state index in [2.05, 4.69) is 10.3 Å². The Kier molecular flexibility index (Phi) is 2.25. The summed E-state index contributed by atoms with van der Waals surface area (Å²) in [6, 6.07) is 10.4. The van der Waals surface area contributed by atoms with Crippen molar-refractivity contribution in [3.8, 4) is 11.8 Å². The molecule has 72 valence electrons. The fourth-order valence-electron chi connectivity index (χ4n) is 1.20. The fourth-order valence-corrected chi connectivity index (χ4v) is 1.20. The molecule has 2 rings (SSSR count). The van der Waals surface area contributed by atoms with Gasteiger partial charge in [-0.2, -0.15) is 5.26 Å². The molecular weight excluding hydrogens is 192 g/mol. The molecule has 1 aromatic carbocycles. The molecule has 0 amide bonds. The van der Waals surface area contributed by atoms with Gasteiger partial charge in [-0.1, -0.05) is 0 Å². The molecule has 0 unspecified atom stereocenters. The van der Waals surface area contributed by atoms with Gasteiger partial charge in [0.15, 0.2) is 0 Å². The maximum Gasteiger partial charge on any atom is 0.217 e. The summed E-state index contributed by atoms with van der Waals surface area (Å²) in [6.07, 6.45) is 1.64. The van der Waals surface area contributed by atoms with Gasteiger partial charge in [0, 0.05) is 12.3 Å². The van der Waals surface area contributed by atoms with Gasteiger partial charge in [0.1, 0.15) is 0 Å². The summed E-state index contributed by atoms with van der Waals surface area (Å²) in [4.78, 5) is 10.2. The SMILES string of the molecule is N#Cc1ccc(-n2ccc(N=O)n2)cc1. The largest absolute Gasteiger partial charge is 0.239 e. The first-order valence-electron chi connectivity index (χ1n) is 4.23. The molecule has 2 aromatic rings. The van der Waals surface area contributed by atoms with Crippen LogP contribution in [0, 0.1) is 16.2 Å². The van der Waals surface area contributed by atoms with E-state index in [0.717, 1.165) is 5.69 Å². The summed E-state index contributed by atoms with van der Waals surface area (Å²) in [7, 11) is 0. The highest BCUT2D eigenvalue weighted by molar-refractivity contribution is 5.40. The molecule has 0 saturated heterocycles. The monoisotopic (exact) mass is 198 g/mol. The van der Waals surface area contributed by atoms with E-state index in [1.54, 1.807) is 30.5 Å². The molecule has 5 nitrogen and oxygen atoms in total. The number of nitroso groups, excluding NO2 is 1. The Labute approximate surface area is 85.5 Å². The molecule has 1 heterocycles. The lowest BCUT2D eigenvalue weighted by Crippen LogP contribution is -1.93. The third-order valence-corrected chi connectivity index (χ3v) is 1.93. The molecule has 0 aliphatic heterocycles. The van der Waals surface area contributed by atoms with Crippen LogP contribution in [0.5, 0.6) is 0 Å². The van der Waals surface area contributed by atoms with Crippen LogP contribution in [0.3, 0.4) is 0 Å². The van der Waals surface area contributed by atoms with Crippen LogP contribution >= 0.6 is 0 Å². The molecule has 15 heavy (non-hydrogen) atoms. The van der Waals surface area contributed by atoms with Gasteiger partial charge in [-0.25, -0.2) is 4.68 Å². The van der Waals surface area contributed by atoms with Crippen molar-refractivity contribution in [3.63, 3.8) is 0 Å². The average molecular weight is 198 g/mol. The lowest BCUT2D eigenvalue weighted by Gasteiger charge is -1.99. The Balaban J connectivity index is 2.37. The number of benzene rings is 1. The molecule has 0 fully saturated rings.